The molecule has 0 aliphatic carbocycles. The smallest absolute Gasteiger partial charge is 0.0948 e. The van der Waals surface area contributed by atoms with Crippen molar-refractivity contribution in [1.82, 2.24) is 0 Å². The Hall–Kier alpha value is -0.750. The lowest BCUT2D eigenvalue weighted by Gasteiger charge is -2.16. The number of halogens is 2. The van der Waals surface area contributed by atoms with Crippen LogP contribution in [0.3, 0.4) is 0 Å². The Morgan fingerprint density at radius 1 is 1.38 bits per heavy atom. The van der Waals surface area contributed by atoms with E-state index in [4.69, 9.17) is 28.5 Å². The second kappa shape index (κ2) is 6.10. The van der Waals surface area contributed by atoms with Crippen LogP contribution in [0, 0.1) is 17.2 Å². The van der Waals surface area contributed by atoms with Crippen LogP contribution in [0.15, 0.2) is 18.2 Å². The van der Waals surface area contributed by atoms with Crippen molar-refractivity contribution >= 4 is 23.2 Å². The van der Waals surface area contributed by atoms with Crippen molar-refractivity contribution in [2.45, 2.75) is 25.9 Å². The second-order valence-corrected chi connectivity index (χ2v) is 4.46. The molecule has 86 valence electrons. The zero-order valence-electron chi connectivity index (χ0n) is 8.95. The minimum Gasteiger partial charge on any atom is -0.387 e. The Bertz CT molecular complexity index is 400. The van der Waals surface area contributed by atoms with Crippen LogP contribution < -0.4 is 0 Å². The molecule has 4 heteroatoms. The van der Waals surface area contributed by atoms with Crippen molar-refractivity contribution in [3.8, 4) is 6.07 Å². The van der Waals surface area contributed by atoms with Crippen LogP contribution in [0.25, 0.3) is 0 Å². The third-order valence-electron chi connectivity index (χ3n) is 2.43. The largest absolute Gasteiger partial charge is 0.387 e. The molecule has 1 N–H and O–H groups in total. The molecule has 0 aliphatic heterocycles. The highest BCUT2D eigenvalue weighted by atomic mass is 35.5. The van der Waals surface area contributed by atoms with Gasteiger partial charge >= 0.3 is 0 Å². The number of nitriles is 1. The summed E-state index contributed by atoms with van der Waals surface area (Å²) in [7, 11) is 0. The number of rotatable bonds is 4. The van der Waals surface area contributed by atoms with Crippen LogP contribution in [0.4, 0.5) is 0 Å². The lowest BCUT2D eigenvalue weighted by Crippen LogP contribution is -2.10. The maximum absolute atomic E-state index is 10.0. The second-order valence-electron chi connectivity index (χ2n) is 3.64. The molecular weight excluding hydrogens is 245 g/mol. The molecule has 0 heterocycles. The molecule has 0 fully saturated rings. The van der Waals surface area contributed by atoms with Crippen molar-refractivity contribution in [2.24, 2.45) is 5.92 Å². The van der Waals surface area contributed by atoms with Crippen LogP contribution in [-0.4, -0.2) is 5.11 Å². The van der Waals surface area contributed by atoms with E-state index in [2.05, 4.69) is 6.07 Å². The Kier molecular flexibility index (Phi) is 5.08. The first-order chi connectivity index (χ1) is 7.60. The molecule has 0 spiro atoms. The van der Waals surface area contributed by atoms with Crippen LogP contribution in [0.5, 0.6) is 0 Å². The van der Waals surface area contributed by atoms with Gasteiger partial charge in [0.2, 0.25) is 0 Å². The van der Waals surface area contributed by atoms with Gasteiger partial charge in [0.25, 0.3) is 0 Å². The fourth-order valence-electron chi connectivity index (χ4n) is 1.53. The summed E-state index contributed by atoms with van der Waals surface area (Å²) in [5.41, 5.74) is 0.634. The molecule has 0 amide bonds. The van der Waals surface area contributed by atoms with Gasteiger partial charge in [-0.3, -0.25) is 0 Å². The highest BCUT2D eigenvalue weighted by molar-refractivity contribution is 6.42. The van der Waals surface area contributed by atoms with Crippen LogP contribution in [0.1, 0.15) is 31.4 Å². The van der Waals surface area contributed by atoms with Gasteiger partial charge in [0.1, 0.15) is 0 Å². The van der Waals surface area contributed by atoms with E-state index in [-0.39, 0.29) is 0 Å². The highest BCUT2D eigenvalue weighted by Crippen LogP contribution is 2.30. The molecule has 0 bridgehead atoms. The van der Waals surface area contributed by atoms with E-state index in [1.807, 2.05) is 6.92 Å². The summed E-state index contributed by atoms with van der Waals surface area (Å²) in [6.07, 6.45) is 0.717. The number of aliphatic hydroxyl groups excluding tert-OH is 1. The standard InChI is InChI=1S/C12H13Cl2NO/c1-2-3-9(7-15)12(16)8-4-5-10(13)11(14)6-8/h4-6,9,12,16H,2-3H2,1H3. The molecule has 0 saturated carbocycles. The molecule has 0 aromatic heterocycles. The van der Waals surface area contributed by atoms with E-state index in [0.717, 1.165) is 6.42 Å². The maximum Gasteiger partial charge on any atom is 0.0948 e. The van der Waals surface area contributed by atoms with Crippen molar-refractivity contribution in [3.63, 3.8) is 0 Å². The summed E-state index contributed by atoms with van der Waals surface area (Å²) >= 11 is 11.6. The van der Waals surface area contributed by atoms with E-state index in [1.165, 1.54) is 0 Å². The van der Waals surface area contributed by atoms with Gasteiger partial charge in [-0.15, -0.1) is 0 Å². The summed E-state index contributed by atoms with van der Waals surface area (Å²) in [6, 6.07) is 7.04. The van der Waals surface area contributed by atoms with E-state index >= 15 is 0 Å². The minimum atomic E-state index is -0.806. The predicted octanol–water partition coefficient (Wildman–Crippen LogP) is 3.97. The summed E-state index contributed by atoms with van der Waals surface area (Å²) in [4.78, 5) is 0. The molecule has 2 unspecified atom stereocenters. The molecular formula is C12H13Cl2NO. The first-order valence-corrected chi connectivity index (χ1v) is 5.88. The molecule has 2 atom stereocenters. The van der Waals surface area contributed by atoms with Crippen LogP contribution >= 0.6 is 23.2 Å². The average molecular weight is 258 g/mol. The quantitative estimate of drug-likeness (QED) is 0.888. The molecule has 0 aliphatic rings. The highest BCUT2D eigenvalue weighted by Gasteiger charge is 2.20. The van der Waals surface area contributed by atoms with E-state index in [1.54, 1.807) is 18.2 Å². The number of aliphatic hydroxyl groups is 1. The van der Waals surface area contributed by atoms with E-state index in [0.29, 0.717) is 22.0 Å². The van der Waals surface area contributed by atoms with Crippen LogP contribution in [0.2, 0.25) is 10.0 Å². The summed E-state index contributed by atoms with van der Waals surface area (Å²) in [6.45, 7) is 1.98. The molecule has 1 aromatic carbocycles. The minimum absolute atomic E-state index is 0.395. The fraction of sp³-hybridized carbons (Fsp3) is 0.417. The predicted molar refractivity (Wildman–Crippen MR) is 65.4 cm³/mol. The lowest BCUT2D eigenvalue weighted by atomic mass is 9.93. The maximum atomic E-state index is 10.0. The first-order valence-electron chi connectivity index (χ1n) is 5.12. The number of hydrogen-bond donors (Lipinski definition) is 1. The van der Waals surface area contributed by atoms with Gasteiger partial charge in [-0.25, -0.2) is 0 Å². The van der Waals surface area contributed by atoms with Gasteiger partial charge < -0.3 is 5.11 Å². The van der Waals surface area contributed by atoms with Gasteiger partial charge in [-0.05, 0) is 24.1 Å². The average Bonchev–Trinajstić information content (AvgIpc) is 2.28. The molecule has 0 saturated heterocycles. The fourth-order valence-corrected chi connectivity index (χ4v) is 1.84. The lowest BCUT2D eigenvalue weighted by molar-refractivity contribution is 0.130. The zero-order chi connectivity index (χ0) is 12.1. The zero-order valence-corrected chi connectivity index (χ0v) is 10.5. The Morgan fingerprint density at radius 2 is 2.06 bits per heavy atom. The van der Waals surface area contributed by atoms with E-state index < -0.39 is 12.0 Å². The number of benzene rings is 1. The number of hydrogen-bond acceptors (Lipinski definition) is 2. The molecule has 2 nitrogen and oxygen atoms in total. The monoisotopic (exact) mass is 257 g/mol. The first kappa shape index (κ1) is 13.3. The third kappa shape index (κ3) is 3.12. The van der Waals surface area contributed by atoms with Crippen molar-refractivity contribution in [2.75, 3.05) is 0 Å². The third-order valence-corrected chi connectivity index (χ3v) is 3.17. The van der Waals surface area contributed by atoms with Crippen LogP contribution in [-0.2, 0) is 0 Å². The Balaban J connectivity index is 2.91. The van der Waals surface area contributed by atoms with Crippen molar-refractivity contribution < 1.29 is 5.11 Å². The molecule has 1 rings (SSSR count). The topological polar surface area (TPSA) is 44.0 Å². The normalized spacial score (nSPS) is 14.2. The van der Waals surface area contributed by atoms with Gasteiger partial charge in [0.05, 0.1) is 28.1 Å². The molecule has 0 radical (unpaired) electrons. The van der Waals surface area contributed by atoms with Gasteiger partial charge in [0, 0.05) is 0 Å². The molecule has 1 aromatic rings. The summed E-state index contributed by atoms with van der Waals surface area (Å²) < 4.78 is 0. The molecule has 16 heavy (non-hydrogen) atoms. The van der Waals surface area contributed by atoms with Crippen molar-refractivity contribution in [1.29, 1.82) is 5.26 Å². The summed E-state index contributed by atoms with van der Waals surface area (Å²) in [5, 5.41) is 19.8. The van der Waals surface area contributed by atoms with Gasteiger partial charge in [0.15, 0.2) is 0 Å². The van der Waals surface area contributed by atoms with E-state index in [9.17, 15) is 5.11 Å². The Labute approximate surface area is 105 Å². The summed E-state index contributed by atoms with van der Waals surface area (Å²) in [5.74, 6) is -0.401. The Morgan fingerprint density at radius 3 is 2.56 bits per heavy atom. The van der Waals surface area contributed by atoms with Gasteiger partial charge in [-0.1, -0.05) is 42.6 Å². The van der Waals surface area contributed by atoms with Gasteiger partial charge in [-0.2, -0.15) is 5.26 Å². The number of nitrogens with zero attached hydrogens (tertiary/aromatic N) is 1. The van der Waals surface area contributed by atoms with Crippen molar-refractivity contribution in [3.05, 3.63) is 33.8 Å². The SMILES string of the molecule is CCCC(C#N)C(O)c1ccc(Cl)c(Cl)c1.